The van der Waals surface area contributed by atoms with Gasteiger partial charge < -0.3 is 10.6 Å². The summed E-state index contributed by atoms with van der Waals surface area (Å²) < 4.78 is 0. The van der Waals surface area contributed by atoms with E-state index in [9.17, 15) is 4.79 Å². The normalized spacial score (nSPS) is 32.8. The number of hydrogen-bond acceptors (Lipinski definition) is 3. The SMILES string of the molecule is CC(=O)N1CCN(C2CCCC(N)C2)CC1. The van der Waals surface area contributed by atoms with Crippen LogP contribution in [0.25, 0.3) is 0 Å². The molecule has 0 aromatic carbocycles. The summed E-state index contributed by atoms with van der Waals surface area (Å²) in [6, 6.07) is 1.06. The van der Waals surface area contributed by atoms with Gasteiger partial charge in [-0.15, -0.1) is 0 Å². The highest BCUT2D eigenvalue weighted by Crippen LogP contribution is 2.22. The molecule has 2 rings (SSSR count). The van der Waals surface area contributed by atoms with Gasteiger partial charge in [-0.05, 0) is 19.3 Å². The third-order valence-corrected chi connectivity index (χ3v) is 3.96. The molecule has 0 radical (unpaired) electrons. The molecule has 2 fully saturated rings. The molecule has 2 N–H and O–H groups in total. The third-order valence-electron chi connectivity index (χ3n) is 3.96. The van der Waals surface area contributed by atoms with Gasteiger partial charge in [0.2, 0.25) is 5.91 Å². The van der Waals surface area contributed by atoms with Crippen LogP contribution in [-0.4, -0.2) is 54.0 Å². The van der Waals surface area contributed by atoms with Crippen molar-refractivity contribution in [2.75, 3.05) is 26.2 Å². The second-order valence-corrected chi connectivity index (χ2v) is 5.12. The second kappa shape index (κ2) is 5.15. The molecule has 1 aliphatic heterocycles. The van der Waals surface area contributed by atoms with Gasteiger partial charge in [-0.3, -0.25) is 9.69 Å². The summed E-state index contributed by atoms with van der Waals surface area (Å²) in [5, 5.41) is 0. The number of hydrogen-bond donors (Lipinski definition) is 1. The minimum atomic E-state index is 0.208. The van der Waals surface area contributed by atoms with E-state index in [1.54, 1.807) is 6.92 Å². The Hall–Kier alpha value is -0.610. The zero-order chi connectivity index (χ0) is 11.5. The van der Waals surface area contributed by atoms with Crippen molar-refractivity contribution in [2.24, 2.45) is 5.73 Å². The van der Waals surface area contributed by atoms with E-state index in [0.717, 1.165) is 32.6 Å². The molecule has 0 spiro atoms. The molecule has 0 aromatic rings. The predicted molar refractivity (Wildman–Crippen MR) is 64.1 cm³/mol. The van der Waals surface area contributed by atoms with Crippen LogP contribution in [0.15, 0.2) is 0 Å². The Labute approximate surface area is 97.8 Å². The lowest BCUT2D eigenvalue weighted by atomic mass is 9.90. The zero-order valence-electron chi connectivity index (χ0n) is 10.2. The molecule has 1 heterocycles. The third kappa shape index (κ3) is 2.74. The molecule has 1 saturated heterocycles. The molecule has 1 amide bonds. The van der Waals surface area contributed by atoms with Gasteiger partial charge in [-0.2, -0.15) is 0 Å². The number of amides is 1. The summed E-state index contributed by atoms with van der Waals surface area (Å²) in [5.74, 6) is 0.208. The Balaban J connectivity index is 1.81. The van der Waals surface area contributed by atoms with Gasteiger partial charge in [0.25, 0.3) is 0 Å². The smallest absolute Gasteiger partial charge is 0.219 e. The monoisotopic (exact) mass is 225 g/mol. The number of carbonyl (C=O) groups is 1. The van der Waals surface area contributed by atoms with Crippen molar-refractivity contribution in [3.05, 3.63) is 0 Å². The fourth-order valence-electron chi connectivity index (χ4n) is 2.93. The van der Waals surface area contributed by atoms with Crippen LogP contribution in [0.4, 0.5) is 0 Å². The first-order valence-corrected chi connectivity index (χ1v) is 6.42. The van der Waals surface area contributed by atoms with Gasteiger partial charge in [0, 0.05) is 45.2 Å². The maximum atomic E-state index is 11.2. The van der Waals surface area contributed by atoms with E-state index < -0.39 is 0 Å². The lowest BCUT2D eigenvalue weighted by Crippen LogP contribution is -2.53. The Morgan fingerprint density at radius 3 is 2.44 bits per heavy atom. The van der Waals surface area contributed by atoms with Crippen molar-refractivity contribution in [2.45, 2.75) is 44.7 Å². The molecular formula is C12H23N3O. The molecule has 16 heavy (non-hydrogen) atoms. The molecule has 0 bridgehead atoms. The van der Waals surface area contributed by atoms with Crippen molar-refractivity contribution in [1.29, 1.82) is 0 Å². The van der Waals surface area contributed by atoms with Crippen molar-refractivity contribution in [1.82, 2.24) is 9.80 Å². The van der Waals surface area contributed by atoms with Crippen molar-refractivity contribution >= 4 is 5.91 Å². The van der Waals surface area contributed by atoms with Crippen LogP contribution in [0, 0.1) is 0 Å². The number of piperazine rings is 1. The number of nitrogens with zero attached hydrogens (tertiary/aromatic N) is 2. The van der Waals surface area contributed by atoms with E-state index in [0.29, 0.717) is 12.1 Å². The van der Waals surface area contributed by atoms with E-state index in [2.05, 4.69) is 4.90 Å². The summed E-state index contributed by atoms with van der Waals surface area (Å²) >= 11 is 0. The molecule has 4 heteroatoms. The molecule has 4 nitrogen and oxygen atoms in total. The lowest BCUT2D eigenvalue weighted by molar-refractivity contribution is -0.131. The van der Waals surface area contributed by atoms with Crippen LogP contribution in [0.5, 0.6) is 0 Å². The maximum Gasteiger partial charge on any atom is 0.219 e. The molecule has 1 aliphatic carbocycles. The number of nitrogens with two attached hydrogens (primary N) is 1. The van der Waals surface area contributed by atoms with E-state index in [1.807, 2.05) is 4.90 Å². The maximum absolute atomic E-state index is 11.2. The van der Waals surface area contributed by atoms with Gasteiger partial charge in [0.1, 0.15) is 0 Å². The Kier molecular flexibility index (Phi) is 3.82. The van der Waals surface area contributed by atoms with Gasteiger partial charge in [0.05, 0.1) is 0 Å². The predicted octanol–water partition coefficient (Wildman–Crippen LogP) is 0.420. The molecular weight excluding hydrogens is 202 g/mol. The first kappa shape index (κ1) is 11.9. The molecule has 2 unspecified atom stereocenters. The average Bonchev–Trinajstić information content (AvgIpc) is 2.29. The standard InChI is InChI=1S/C12H23N3O/c1-10(16)14-5-7-15(8-6-14)12-4-2-3-11(13)9-12/h11-12H,2-9,13H2,1H3. The first-order chi connectivity index (χ1) is 7.66. The summed E-state index contributed by atoms with van der Waals surface area (Å²) in [5.41, 5.74) is 6.02. The summed E-state index contributed by atoms with van der Waals surface area (Å²) in [7, 11) is 0. The van der Waals surface area contributed by atoms with E-state index in [4.69, 9.17) is 5.73 Å². The quantitative estimate of drug-likeness (QED) is 0.703. The van der Waals surface area contributed by atoms with E-state index in [-0.39, 0.29) is 5.91 Å². The minimum Gasteiger partial charge on any atom is -0.340 e. The van der Waals surface area contributed by atoms with Crippen LogP contribution < -0.4 is 5.73 Å². The lowest BCUT2D eigenvalue weighted by Gasteiger charge is -2.41. The summed E-state index contributed by atoms with van der Waals surface area (Å²) in [6.07, 6.45) is 4.87. The van der Waals surface area contributed by atoms with Crippen LogP contribution in [0.3, 0.4) is 0 Å². The molecule has 92 valence electrons. The van der Waals surface area contributed by atoms with Crippen LogP contribution >= 0.6 is 0 Å². The zero-order valence-corrected chi connectivity index (χ0v) is 10.2. The second-order valence-electron chi connectivity index (χ2n) is 5.12. The number of carbonyl (C=O) groups excluding carboxylic acids is 1. The molecule has 0 aromatic heterocycles. The van der Waals surface area contributed by atoms with Gasteiger partial charge in [-0.25, -0.2) is 0 Å². The van der Waals surface area contributed by atoms with Crippen molar-refractivity contribution < 1.29 is 4.79 Å². The minimum absolute atomic E-state index is 0.208. The summed E-state index contributed by atoms with van der Waals surface area (Å²) in [4.78, 5) is 15.7. The van der Waals surface area contributed by atoms with Gasteiger partial charge >= 0.3 is 0 Å². The highest BCUT2D eigenvalue weighted by Gasteiger charge is 2.28. The fraction of sp³-hybridized carbons (Fsp3) is 0.917. The van der Waals surface area contributed by atoms with Gasteiger partial charge in [-0.1, -0.05) is 6.42 Å². The van der Waals surface area contributed by atoms with E-state index >= 15 is 0 Å². The van der Waals surface area contributed by atoms with Crippen LogP contribution in [0.2, 0.25) is 0 Å². The first-order valence-electron chi connectivity index (χ1n) is 6.42. The molecule has 1 saturated carbocycles. The Morgan fingerprint density at radius 1 is 1.19 bits per heavy atom. The average molecular weight is 225 g/mol. The fourth-order valence-corrected chi connectivity index (χ4v) is 2.93. The molecule has 2 atom stereocenters. The highest BCUT2D eigenvalue weighted by atomic mass is 16.2. The Morgan fingerprint density at radius 2 is 1.88 bits per heavy atom. The van der Waals surface area contributed by atoms with Crippen LogP contribution in [-0.2, 0) is 4.79 Å². The topological polar surface area (TPSA) is 49.6 Å². The number of rotatable bonds is 1. The largest absolute Gasteiger partial charge is 0.340 e. The van der Waals surface area contributed by atoms with Gasteiger partial charge in [0.15, 0.2) is 0 Å². The van der Waals surface area contributed by atoms with Crippen LogP contribution in [0.1, 0.15) is 32.6 Å². The summed E-state index contributed by atoms with van der Waals surface area (Å²) in [6.45, 7) is 5.49. The van der Waals surface area contributed by atoms with Crippen molar-refractivity contribution in [3.63, 3.8) is 0 Å². The Bertz CT molecular complexity index is 249. The van der Waals surface area contributed by atoms with Crippen molar-refractivity contribution in [3.8, 4) is 0 Å². The van der Waals surface area contributed by atoms with E-state index in [1.165, 1.54) is 19.3 Å². The molecule has 2 aliphatic rings. The highest BCUT2D eigenvalue weighted by molar-refractivity contribution is 5.73.